The molecule has 2 rings (SSSR count). The summed E-state index contributed by atoms with van der Waals surface area (Å²) in [6.07, 6.45) is 8.42. The lowest BCUT2D eigenvalue weighted by atomic mass is 10.0. The van der Waals surface area contributed by atoms with Crippen molar-refractivity contribution in [3.8, 4) is 0 Å². The molecule has 104 valence electrons. The van der Waals surface area contributed by atoms with E-state index in [-0.39, 0.29) is 12.2 Å². The molecule has 2 aliphatic rings. The summed E-state index contributed by atoms with van der Waals surface area (Å²) in [5, 5.41) is 3.53. The summed E-state index contributed by atoms with van der Waals surface area (Å²) in [5.74, 6) is 1.25. The third-order valence-corrected chi connectivity index (χ3v) is 4.41. The third kappa shape index (κ3) is 2.87. The maximum absolute atomic E-state index is 12.5. The Labute approximate surface area is 111 Å². The minimum atomic E-state index is 0.0770. The second kappa shape index (κ2) is 6.05. The summed E-state index contributed by atoms with van der Waals surface area (Å²) in [7, 11) is 0. The maximum Gasteiger partial charge on any atom is 0.241 e. The van der Waals surface area contributed by atoms with Crippen molar-refractivity contribution in [1.29, 1.82) is 0 Å². The lowest BCUT2D eigenvalue weighted by Crippen LogP contribution is -2.44. The van der Waals surface area contributed by atoms with Crippen molar-refractivity contribution < 1.29 is 4.79 Å². The van der Waals surface area contributed by atoms with Gasteiger partial charge in [0.15, 0.2) is 0 Å². The van der Waals surface area contributed by atoms with Crippen LogP contribution >= 0.6 is 0 Å². The molecule has 0 aromatic carbocycles. The molecule has 1 aliphatic carbocycles. The van der Waals surface area contributed by atoms with Gasteiger partial charge >= 0.3 is 0 Å². The van der Waals surface area contributed by atoms with Gasteiger partial charge in [-0.2, -0.15) is 0 Å². The van der Waals surface area contributed by atoms with E-state index in [4.69, 9.17) is 0 Å². The van der Waals surface area contributed by atoms with Crippen LogP contribution in [0.5, 0.6) is 0 Å². The molecule has 3 unspecified atom stereocenters. The van der Waals surface area contributed by atoms with Gasteiger partial charge in [-0.1, -0.05) is 40.0 Å². The van der Waals surface area contributed by atoms with Crippen molar-refractivity contribution in [2.24, 2.45) is 5.92 Å². The predicted octanol–water partition coefficient (Wildman–Crippen LogP) is 2.90. The lowest BCUT2D eigenvalue weighted by molar-refractivity contribution is -0.132. The summed E-state index contributed by atoms with van der Waals surface area (Å²) in [6.45, 7) is 6.55. The summed E-state index contributed by atoms with van der Waals surface area (Å²) in [5.41, 5.74) is 0. The molecular weight excluding hydrogens is 224 g/mol. The summed E-state index contributed by atoms with van der Waals surface area (Å²) >= 11 is 0. The van der Waals surface area contributed by atoms with E-state index < -0.39 is 0 Å². The Morgan fingerprint density at radius 1 is 1.33 bits per heavy atom. The van der Waals surface area contributed by atoms with Crippen LogP contribution in [0.2, 0.25) is 0 Å². The average Bonchev–Trinajstić information content (AvgIpc) is 3.13. The zero-order valence-corrected chi connectivity index (χ0v) is 12.1. The molecule has 0 bridgehead atoms. The number of rotatable bonds is 7. The Kier molecular flexibility index (Phi) is 4.66. The predicted molar refractivity (Wildman–Crippen MR) is 74.2 cm³/mol. The van der Waals surface area contributed by atoms with Crippen LogP contribution in [0.15, 0.2) is 0 Å². The first kappa shape index (κ1) is 13.9. The molecule has 1 aliphatic heterocycles. The second-order valence-corrected chi connectivity index (χ2v) is 5.92. The SMILES string of the molecule is CCCC1NC(CC)N(C(CC)CC2CC2)C1=O. The van der Waals surface area contributed by atoms with Crippen molar-refractivity contribution in [3.63, 3.8) is 0 Å². The van der Waals surface area contributed by atoms with Crippen LogP contribution in [0.4, 0.5) is 0 Å². The molecule has 1 saturated heterocycles. The first-order chi connectivity index (χ1) is 8.71. The van der Waals surface area contributed by atoms with E-state index >= 15 is 0 Å². The number of carbonyl (C=O) groups is 1. The maximum atomic E-state index is 12.5. The number of hydrogen-bond acceptors (Lipinski definition) is 2. The largest absolute Gasteiger partial charge is 0.323 e. The van der Waals surface area contributed by atoms with Crippen LogP contribution in [-0.4, -0.2) is 29.1 Å². The zero-order chi connectivity index (χ0) is 13.1. The van der Waals surface area contributed by atoms with Crippen molar-refractivity contribution in [2.45, 2.75) is 84.0 Å². The van der Waals surface area contributed by atoms with E-state index in [1.54, 1.807) is 0 Å². The van der Waals surface area contributed by atoms with E-state index in [9.17, 15) is 4.79 Å². The van der Waals surface area contributed by atoms with Crippen LogP contribution in [-0.2, 0) is 4.79 Å². The first-order valence-corrected chi connectivity index (χ1v) is 7.79. The van der Waals surface area contributed by atoms with E-state index in [1.165, 1.54) is 19.3 Å². The molecule has 1 heterocycles. The molecule has 3 heteroatoms. The molecule has 3 nitrogen and oxygen atoms in total. The third-order valence-electron chi connectivity index (χ3n) is 4.41. The van der Waals surface area contributed by atoms with Gasteiger partial charge in [-0.15, -0.1) is 0 Å². The highest BCUT2D eigenvalue weighted by Gasteiger charge is 2.41. The molecule has 0 radical (unpaired) electrons. The van der Waals surface area contributed by atoms with Gasteiger partial charge in [0.2, 0.25) is 5.91 Å². The van der Waals surface area contributed by atoms with E-state index in [1.807, 2.05) is 0 Å². The number of hydrogen-bond donors (Lipinski definition) is 1. The number of amides is 1. The van der Waals surface area contributed by atoms with Gasteiger partial charge in [0.1, 0.15) is 0 Å². The van der Waals surface area contributed by atoms with Crippen LogP contribution in [0, 0.1) is 5.92 Å². The average molecular weight is 252 g/mol. The second-order valence-electron chi connectivity index (χ2n) is 5.92. The van der Waals surface area contributed by atoms with E-state index in [0.717, 1.165) is 31.6 Å². The summed E-state index contributed by atoms with van der Waals surface area (Å²) < 4.78 is 0. The first-order valence-electron chi connectivity index (χ1n) is 7.79. The fraction of sp³-hybridized carbons (Fsp3) is 0.933. The summed E-state index contributed by atoms with van der Waals surface area (Å²) in [4.78, 5) is 14.7. The van der Waals surface area contributed by atoms with Gasteiger partial charge in [0.25, 0.3) is 0 Å². The molecule has 0 spiro atoms. The minimum Gasteiger partial charge on any atom is -0.323 e. The van der Waals surface area contributed by atoms with Crippen molar-refractivity contribution in [3.05, 3.63) is 0 Å². The van der Waals surface area contributed by atoms with Gasteiger partial charge in [0.05, 0.1) is 12.2 Å². The Bertz CT molecular complexity index is 288. The Morgan fingerprint density at radius 3 is 2.56 bits per heavy atom. The summed E-state index contributed by atoms with van der Waals surface area (Å²) in [6, 6.07) is 0.539. The lowest BCUT2D eigenvalue weighted by Gasteiger charge is -2.32. The molecule has 0 aromatic heterocycles. The standard InChI is InChI=1S/C15H28N2O/c1-4-7-13-15(18)17(14(6-3)16-13)12(5-2)10-11-8-9-11/h11-14,16H,4-10H2,1-3H3. The molecule has 18 heavy (non-hydrogen) atoms. The minimum absolute atomic E-state index is 0.0770. The van der Waals surface area contributed by atoms with Crippen molar-refractivity contribution in [1.82, 2.24) is 10.2 Å². The number of nitrogens with one attached hydrogen (secondary N) is 1. The molecule has 1 N–H and O–H groups in total. The van der Waals surface area contributed by atoms with Gasteiger partial charge in [0, 0.05) is 6.04 Å². The normalized spacial score (nSPS) is 29.9. The molecular formula is C15H28N2O. The molecule has 3 atom stereocenters. The highest BCUT2D eigenvalue weighted by molar-refractivity contribution is 5.84. The van der Waals surface area contributed by atoms with Crippen molar-refractivity contribution >= 4 is 5.91 Å². The Balaban J connectivity index is 2.04. The van der Waals surface area contributed by atoms with Crippen LogP contribution in [0.25, 0.3) is 0 Å². The molecule has 1 amide bonds. The Hall–Kier alpha value is -0.570. The monoisotopic (exact) mass is 252 g/mol. The highest BCUT2D eigenvalue weighted by atomic mass is 16.2. The smallest absolute Gasteiger partial charge is 0.241 e. The van der Waals surface area contributed by atoms with E-state index in [2.05, 4.69) is 31.0 Å². The highest BCUT2D eigenvalue weighted by Crippen LogP contribution is 2.36. The van der Waals surface area contributed by atoms with Crippen molar-refractivity contribution in [2.75, 3.05) is 0 Å². The van der Waals surface area contributed by atoms with Gasteiger partial charge in [-0.3, -0.25) is 10.1 Å². The van der Waals surface area contributed by atoms with E-state index in [0.29, 0.717) is 11.9 Å². The number of carbonyl (C=O) groups excluding carboxylic acids is 1. The molecule has 1 saturated carbocycles. The van der Waals surface area contributed by atoms with Crippen LogP contribution in [0.3, 0.4) is 0 Å². The van der Waals surface area contributed by atoms with Gasteiger partial charge < -0.3 is 4.90 Å². The quantitative estimate of drug-likeness (QED) is 0.755. The number of nitrogens with zero attached hydrogens (tertiary/aromatic N) is 1. The Morgan fingerprint density at radius 2 is 2.06 bits per heavy atom. The van der Waals surface area contributed by atoms with Gasteiger partial charge in [-0.25, -0.2) is 0 Å². The van der Waals surface area contributed by atoms with Crippen LogP contribution < -0.4 is 5.32 Å². The molecule has 0 aromatic rings. The topological polar surface area (TPSA) is 32.3 Å². The molecule has 2 fully saturated rings. The zero-order valence-electron chi connectivity index (χ0n) is 12.1. The fourth-order valence-electron chi connectivity index (χ4n) is 3.18. The van der Waals surface area contributed by atoms with Gasteiger partial charge in [-0.05, 0) is 31.6 Å². The van der Waals surface area contributed by atoms with Crippen LogP contribution in [0.1, 0.15) is 65.7 Å². The fourth-order valence-corrected chi connectivity index (χ4v) is 3.18.